The zero-order chi connectivity index (χ0) is 8.97. The minimum Gasteiger partial charge on any atom is -0.463 e. The maximum atomic E-state index is 11.2. The van der Waals surface area contributed by atoms with Gasteiger partial charge in [-0.2, -0.15) is 0 Å². The van der Waals surface area contributed by atoms with Crippen LogP contribution in [0.3, 0.4) is 0 Å². The molecule has 1 aliphatic rings. The smallest absolute Gasteiger partial charge is 0.335 e. The lowest BCUT2D eigenvalue weighted by Gasteiger charge is -2.16. The summed E-state index contributed by atoms with van der Waals surface area (Å²) in [6.45, 7) is 2.21. The van der Waals surface area contributed by atoms with E-state index in [4.69, 9.17) is 16.3 Å². The highest BCUT2D eigenvalue weighted by Crippen LogP contribution is 2.24. The van der Waals surface area contributed by atoms with Crippen molar-refractivity contribution in [3.63, 3.8) is 0 Å². The summed E-state index contributed by atoms with van der Waals surface area (Å²) in [5.74, 6) is -0.253. The average molecular weight is 189 g/mol. The lowest BCUT2D eigenvalue weighted by molar-refractivity contribution is -0.138. The van der Waals surface area contributed by atoms with E-state index < -0.39 is 0 Å². The largest absolute Gasteiger partial charge is 0.463 e. The fourth-order valence-electron chi connectivity index (χ4n) is 1.26. The van der Waals surface area contributed by atoms with Crippen molar-refractivity contribution < 1.29 is 9.53 Å². The van der Waals surface area contributed by atoms with Gasteiger partial charge in [0.1, 0.15) is 0 Å². The topological polar surface area (TPSA) is 26.3 Å². The molecule has 0 heterocycles. The standard InChI is InChI=1S/C9H13ClO2/c1-2-12-9(11)7-5-3-4-6-8(7)10/h5,8H,2-4,6H2,1H3/t8-/m1/s1. The number of rotatable bonds is 2. The first kappa shape index (κ1) is 9.59. The predicted octanol–water partition coefficient (Wildman–Crippen LogP) is 2.27. The van der Waals surface area contributed by atoms with E-state index in [0.29, 0.717) is 12.2 Å². The molecular weight excluding hydrogens is 176 g/mol. The quantitative estimate of drug-likeness (QED) is 0.491. The van der Waals surface area contributed by atoms with Crippen molar-refractivity contribution in [3.05, 3.63) is 11.6 Å². The van der Waals surface area contributed by atoms with Crippen LogP contribution in [0.5, 0.6) is 0 Å². The van der Waals surface area contributed by atoms with E-state index in [9.17, 15) is 4.79 Å². The predicted molar refractivity (Wildman–Crippen MR) is 48.2 cm³/mol. The summed E-state index contributed by atoms with van der Waals surface area (Å²) < 4.78 is 4.86. The number of hydrogen-bond donors (Lipinski definition) is 0. The van der Waals surface area contributed by atoms with Gasteiger partial charge >= 0.3 is 5.97 Å². The third-order valence-electron chi connectivity index (χ3n) is 1.87. The van der Waals surface area contributed by atoms with E-state index in [2.05, 4.69) is 0 Å². The van der Waals surface area contributed by atoms with Crippen molar-refractivity contribution in [3.8, 4) is 0 Å². The summed E-state index contributed by atoms with van der Waals surface area (Å²) in [5, 5.41) is -0.141. The summed E-state index contributed by atoms with van der Waals surface area (Å²) in [6.07, 6.45) is 4.78. The Bertz CT molecular complexity index is 199. The summed E-state index contributed by atoms with van der Waals surface area (Å²) in [7, 11) is 0. The Morgan fingerprint density at radius 3 is 3.17 bits per heavy atom. The Balaban J connectivity index is 2.59. The number of allylic oxidation sites excluding steroid dienone is 1. The monoisotopic (exact) mass is 188 g/mol. The molecule has 0 spiro atoms. The summed E-state index contributed by atoms with van der Waals surface area (Å²) in [4.78, 5) is 11.2. The number of esters is 1. The zero-order valence-electron chi connectivity index (χ0n) is 7.18. The molecule has 0 saturated heterocycles. The first-order valence-electron chi connectivity index (χ1n) is 4.27. The van der Waals surface area contributed by atoms with Crippen LogP contribution in [0.4, 0.5) is 0 Å². The highest BCUT2D eigenvalue weighted by Gasteiger charge is 2.21. The van der Waals surface area contributed by atoms with Crippen LogP contribution in [-0.2, 0) is 9.53 Å². The normalized spacial score (nSPS) is 23.2. The lowest BCUT2D eigenvalue weighted by atomic mass is 9.99. The van der Waals surface area contributed by atoms with E-state index in [1.54, 1.807) is 6.92 Å². The molecule has 1 aliphatic carbocycles. The molecule has 0 fully saturated rings. The molecule has 3 heteroatoms. The Kier molecular flexibility index (Phi) is 3.60. The van der Waals surface area contributed by atoms with Crippen LogP contribution in [0.2, 0.25) is 0 Å². The Labute approximate surface area is 77.5 Å². The molecule has 0 aromatic heterocycles. The highest BCUT2D eigenvalue weighted by atomic mass is 35.5. The molecule has 12 heavy (non-hydrogen) atoms. The molecule has 0 aromatic rings. The van der Waals surface area contributed by atoms with E-state index in [1.165, 1.54) is 0 Å². The van der Waals surface area contributed by atoms with Gasteiger partial charge < -0.3 is 4.74 Å². The van der Waals surface area contributed by atoms with E-state index in [-0.39, 0.29) is 11.3 Å². The fraction of sp³-hybridized carbons (Fsp3) is 0.667. The van der Waals surface area contributed by atoms with Gasteiger partial charge in [0.25, 0.3) is 0 Å². The molecule has 0 amide bonds. The fourth-order valence-corrected chi connectivity index (χ4v) is 1.60. The Hall–Kier alpha value is -0.500. The number of carbonyl (C=O) groups excluding carboxylic acids is 1. The maximum absolute atomic E-state index is 11.2. The molecule has 2 nitrogen and oxygen atoms in total. The molecule has 68 valence electrons. The minimum atomic E-state index is -0.253. The van der Waals surface area contributed by atoms with Crippen molar-refractivity contribution in [2.24, 2.45) is 0 Å². The first-order chi connectivity index (χ1) is 5.75. The number of ether oxygens (including phenoxy) is 1. The molecule has 0 bridgehead atoms. The third-order valence-corrected chi connectivity index (χ3v) is 2.33. The van der Waals surface area contributed by atoms with Crippen molar-refractivity contribution in [1.29, 1.82) is 0 Å². The van der Waals surface area contributed by atoms with E-state index >= 15 is 0 Å². The summed E-state index contributed by atoms with van der Waals surface area (Å²) >= 11 is 5.94. The highest BCUT2D eigenvalue weighted by molar-refractivity contribution is 6.25. The van der Waals surface area contributed by atoms with Gasteiger partial charge in [-0.25, -0.2) is 4.79 Å². The maximum Gasteiger partial charge on any atom is 0.335 e. The molecular formula is C9H13ClO2. The molecule has 0 aliphatic heterocycles. The van der Waals surface area contributed by atoms with Crippen LogP contribution < -0.4 is 0 Å². The SMILES string of the molecule is CCOC(=O)C1=CCCC[C@H]1Cl. The van der Waals surface area contributed by atoms with Gasteiger partial charge in [0.15, 0.2) is 0 Å². The van der Waals surface area contributed by atoms with Crippen molar-refractivity contribution in [1.82, 2.24) is 0 Å². The van der Waals surface area contributed by atoms with Crippen LogP contribution in [0.15, 0.2) is 11.6 Å². The van der Waals surface area contributed by atoms with Gasteiger partial charge in [0.05, 0.1) is 17.6 Å². The molecule has 0 radical (unpaired) electrons. The van der Waals surface area contributed by atoms with Crippen LogP contribution in [0.1, 0.15) is 26.2 Å². The van der Waals surface area contributed by atoms with Gasteiger partial charge in [0, 0.05) is 0 Å². The second-order valence-corrected chi connectivity index (χ2v) is 3.31. The molecule has 0 aromatic carbocycles. The number of hydrogen-bond acceptors (Lipinski definition) is 2. The second kappa shape index (κ2) is 4.51. The number of alkyl halides is 1. The van der Waals surface area contributed by atoms with Crippen LogP contribution >= 0.6 is 11.6 Å². The van der Waals surface area contributed by atoms with E-state index in [0.717, 1.165) is 19.3 Å². The molecule has 0 N–H and O–H groups in total. The molecule has 0 saturated carbocycles. The zero-order valence-corrected chi connectivity index (χ0v) is 7.93. The van der Waals surface area contributed by atoms with Crippen molar-refractivity contribution in [2.75, 3.05) is 6.61 Å². The van der Waals surface area contributed by atoms with Gasteiger partial charge in [0.2, 0.25) is 0 Å². The van der Waals surface area contributed by atoms with Crippen molar-refractivity contribution in [2.45, 2.75) is 31.6 Å². The van der Waals surface area contributed by atoms with Gasteiger partial charge in [-0.1, -0.05) is 6.08 Å². The van der Waals surface area contributed by atoms with E-state index in [1.807, 2.05) is 6.08 Å². The number of halogens is 1. The Morgan fingerprint density at radius 2 is 2.58 bits per heavy atom. The van der Waals surface area contributed by atoms with Crippen molar-refractivity contribution >= 4 is 17.6 Å². The molecule has 0 unspecified atom stereocenters. The minimum absolute atomic E-state index is 0.141. The van der Waals surface area contributed by atoms with Gasteiger partial charge in [-0.15, -0.1) is 11.6 Å². The summed E-state index contributed by atoms with van der Waals surface area (Å²) in [5.41, 5.74) is 0.643. The van der Waals surface area contributed by atoms with Gasteiger partial charge in [-0.05, 0) is 26.2 Å². The lowest BCUT2D eigenvalue weighted by Crippen LogP contribution is -2.18. The van der Waals surface area contributed by atoms with Crippen LogP contribution in [-0.4, -0.2) is 18.0 Å². The third kappa shape index (κ3) is 2.24. The first-order valence-corrected chi connectivity index (χ1v) is 4.70. The molecule has 1 atom stereocenters. The average Bonchev–Trinajstić information content (AvgIpc) is 2.05. The van der Waals surface area contributed by atoms with Crippen LogP contribution in [0.25, 0.3) is 0 Å². The van der Waals surface area contributed by atoms with Gasteiger partial charge in [-0.3, -0.25) is 0 Å². The summed E-state index contributed by atoms with van der Waals surface area (Å²) in [6, 6.07) is 0. The molecule has 1 rings (SSSR count). The number of carbonyl (C=O) groups is 1. The Morgan fingerprint density at radius 1 is 1.83 bits per heavy atom. The van der Waals surface area contributed by atoms with Crippen LogP contribution in [0, 0.1) is 0 Å². The second-order valence-electron chi connectivity index (χ2n) is 2.78.